The zero-order valence-electron chi connectivity index (χ0n) is 10.8. The largest absolute Gasteiger partial charge is 0.130 e. The maximum atomic E-state index is 4.11. The maximum absolute atomic E-state index is 4.11. The van der Waals surface area contributed by atoms with Crippen LogP contribution >= 0.6 is 20.7 Å². The molecular formula is C15H27I. The summed E-state index contributed by atoms with van der Waals surface area (Å²) in [5.74, 6) is 4.30. The first-order valence-electron chi connectivity index (χ1n) is 7.12. The molecule has 2 fully saturated rings. The van der Waals surface area contributed by atoms with E-state index in [-0.39, 0.29) is 0 Å². The minimum atomic E-state index is 0.296. The molecule has 16 heavy (non-hydrogen) atoms. The van der Waals surface area contributed by atoms with Gasteiger partial charge in [0.2, 0.25) is 0 Å². The SMILES string of the molecule is C=ICC1CCC(C2CCC(C)CC2)CC1. The molecule has 0 heterocycles. The lowest BCUT2D eigenvalue weighted by Crippen LogP contribution is -2.25. The first-order valence-corrected chi connectivity index (χ1v) is 10.2. The molecule has 94 valence electrons. The fraction of sp³-hybridized carbons (Fsp3) is 0.933. The Kier molecular flexibility index (Phi) is 5.31. The summed E-state index contributed by atoms with van der Waals surface area (Å²) in [6.45, 7) is 2.44. The van der Waals surface area contributed by atoms with Gasteiger partial charge in [0.25, 0.3) is 0 Å². The summed E-state index contributed by atoms with van der Waals surface area (Å²) in [5.41, 5.74) is 0. The average molecular weight is 334 g/mol. The molecule has 0 spiro atoms. The number of rotatable bonds is 3. The molecule has 0 aromatic heterocycles. The molecule has 0 aliphatic heterocycles. The van der Waals surface area contributed by atoms with Crippen LogP contribution in [0.5, 0.6) is 0 Å². The van der Waals surface area contributed by atoms with Gasteiger partial charge in [0.15, 0.2) is 0 Å². The first kappa shape index (κ1) is 13.0. The topological polar surface area (TPSA) is 0 Å². The molecule has 0 aromatic rings. The van der Waals surface area contributed by atoms with Crippen LogP contribution < -0.4 is 0 Å². The van der Waals surface area contributed by atoms with Crippen LogP contribution in [0.4, 0.5) is 0 Å². The van der Waals surface area contributed by atoms with Gasteiger partial charge in [-0.3, -0.25) is 0 Å². The van der Waals surface area contributed by atoms with Crippen LogP contribution in [0, 0.1) is 23.7 Å². The second-order valence-corrected chi connectivity index (χ2v) is 8.10. The van der Waals surface area contributed by atoms with Gasteiger partial charge in [0.05, 0.1) is 0 Å². The second-order valence-electron chi connectivity index (χ2n) is 6.14. The van der Waals surface area contributed by atoms with Crippen LogP contribution in [-0.4, -0.2) is 8.94 Å². The number of hydrogen-bond donors (Lipinski definition) is 0. The van der Waals surface area contributed by atoms with E-state index in [2.05, 4.69) is 11.4 Å². The molecule has 2 aliphatic rings. The molecule has 0 radical (unpaired) electrons. The smallest absolute Gasteiger partial charge is 0.00292 e. The highest BCUT2D eigenvalue weighted by atomic mass is 127. The Morgan fingerprint density at radius 2 is 1.38 bits per heavy atom. The Balaban J connectivity index is 1.74. The van der Waals surface area contributed by atoms with Crippen LogP contribution in [-0.2, 0) is 0 Å². The van der Waals surface area contributed by atoms with Gasteiger partial charge in [-0.2, -0.15) is 0 Å². The Morgan fingerprint density at radius 1 is 0.875 bits per heavy atom. The summed E-state index contributed by atoms with van der Waals surface area (Å²) in [5, 5.41) is 0. The molecule has 0 atom stereocenters. The lowest BCUT2D eigenvalue weighted by atomic mass is 9.70. The van der Waals surface area contributed by atoms with E-state index in [1.165, 1.54) is 30.1 Å². The van der Waals surface area contributed by atoms with Gasteiger partial charge in [0.1, 0.15) is 0 Å². The number of halogens is 1. The first-order chi connectivity index (χ1) is 7.79. The summed E-state index contributed by atoms with van der Waals surface area (Å²) >= 11 is 0.296. The molecule has 0 aromatic carbocycles. The highest BCUT2D eigenvalue weighted by molar-refractivity contribution is 14.2. The quantitative estimate of drug-likeness (QED) is 0.502. The molecule has 0 N–H and O–H groups in total. The zero-order chi connectivity index (χ0) is 11.4. The third-order valence-corrected chi connectivity index (χ3v) is 6.81. The highest BCUT2D eigenvalue weighted by Crippen LogP contribution is 2.41. The van der Waals surface area contributed by atoms with Gasteiger partial charge >= 0.3 is 0 Å². The molecule has 0 amide bonds. The van der Waals surface area contributed by atoms with Crippen molar-refractivity contribution in [3.8, 4) is 0 Å². The van der Waals surface area contributed by atoms with Gasteiger partial charge in [0, 0.05) is 0 Å². The minimum absolute atomic E-state index is 0.296. The van der Waals surface area contributed by atoms with Gasteiger partial charge in [-0.25, -0.2) is 0 Å². The van der Waals surface area contributed by atoms with Crippen molar-refractivity contribution < 1.29 is 0 Å². The monoisotopic (exact) mass is 334 g/mol. The molecule has 2 rings (SSSR count). The van der Waals surface area contributed by atoms with Gasteiger partial charge in [-0.05, 0) is 66.6 Å². The van der Waals surface area contributed by atoms with Gasteiger partial charge in [-0.1, -0.05) is 24.3 Å². The summed E-state index contributed by atoms with van der Waals surface area (Å²) in [6.07, 6.45) is 12.3. The van der Waals surface area contributed by atoms with E-state index in [1.54, 1.807) is 25.7 Å². The van der Waals surface area contributed by atoms with Crippen molar-refractivity contribution in [1.29, 1.82) is 0 Å². The van der Waals surface area contributed by atoms with Crippen LogP contribution in [0.1, 0.15) is 58.3 Å². The molecule has 0 unspecified atom stereocenters. The fourth-order valence-electron chi connectivity index (χ4n) is 3.73. The van der Waals surface area contributed by atoms with Crippen LogP contribution in [0.2, 0.25) is 0 Å². The zero-order valence-corrected chi connectivity index (χ0v) is 12.9. The van der Waals surface area contributed by atoms with Crippen LogP contribution in [0.3, 0.4) is 0 Å². The van der Waals surface area contributed by atoms with Crippen molar-refractivity contribution in [2.75, 3.05) is 4.43 Å². The Hall–Kier alpha value is 0.600. The van der Waals surface area contributed by atoms with Crippen LogP contribution in [0.15, 0.2) is 0 Å². The standard InChI is InChI=1S/C15H27I/c1-12-3-7-14(8-4-12)15-9-5-13(6-10-15)11-16-2/h12-15H,2-11H2,1H3. The molecule has 0 saturated heterocycles. The predicted molar refractivity (Wildman–Crippen MR) is 82.6 cm³/mol. The normalized spacial score (nSPS) is 40.8. The Bertz CT molecular complexity index is 207. The summed E-state index contributed by atoms with van der Waals surface area (Å²) < 4.78 is 5.60. The fourth-order valence-corrected chi connectivity index (χ4v) is 5.49. The highest BCUT2D eigenvalue weighted by Gasteiger charge is 2.29. The van der Waals surface area contributed by atoms with E-state index in [0.717, 1.165) is 23.7 Å². The lowest BCUT2D eigenvalue weighted by molar-refractivity contribution is 0.156. The van der Waals surface area contributed by atoms with Crippen molar-refractivity contribution >= 4 is 25.2 Å². The van der Waals surface area contributed by atoms with E-state index in [9.17, 15) is 0 Å². The number of hydrogen-bond acceptors (Lipinski definition) is 0. The van der Waals surface area contributed by atoms with E-state index < -0.39 is 0 Å². The average Bonchev–Trinajstić information content (AvgIpc) is 2.32. The lowest BCUT2D eigenvalue weighted by Gasteiger charge is -2.37. The van der Waals surface area contributed by atoms with Gasteiger partial charge in [-0.15, -0.1) is 20.7 Å². The van der Waals surface area contributed by atoms with Gasteiger partial charge < -0.3 is 0 Å². The second kappa shape index (κ2) is 6.51. The van der Waals surface area contributed by atoms with Crippen molar-refractivity contribution in [2.24, 2.45) is 23.7 Å². The Labute approximate surface area is 111 Å². The minimum Gasteiger partial charge on any atom is -0.130 e. The molecule has 0 bridgehead atoms. The molecule has 2 aliphatic carbocycles. The van der Waals surface area contributed by atoms with E-state index in [4.69, 9.17) is 0 Å². The summed E-state index contributed by atoms with van der Waals surface area (Å²) in [6, 6.07) is 0. The van der Waals surface area contributed by atoms with E-state index >= 15 is 0 Å². The van der Waals surface area contributed by atoms with Crippen molar-refractivity contribution in [3.63, 3.8) is 0 Å². The van der Waals surface area contributed by atoms with Crippen molar-refractivity contribution in [3.05, 3.63) is 0 Å². The third-order valence-electron chi connectivity index (χ3n) is 4.95. The molecule has 0 nitrogen and oxygen atoms in total. The summed E-state index contributed by atoms with van der Waals surface area (Å²) in [4.78, 5) is 0. The molecule has 1 heteroatoms. The van der Waals surface area contributed by atoms with E-state index in [0.29, 0.717) is 20.7 Å². The maximum Gasteiger partial charge on any atom is -0.00292 e. The van der Waals surface area contributed by atoms with Crippen molar-refractivity contribution in [2.45, 2.75) is 58.3 Å². The summed E-state index contributed by atoms with van der Waals surface area (Å²) in [7, 11) is 0. The Morgan fingerprint density at radius 3 is 1.88 bits per heavy atom. The van der Waals surface area contributed by atoms with Crippen molar-refractivity contribution in [1.82, 2.24) is 0 Å². The molecule has 2 saturated carbocycles. The molecular weight excluding hydrogens is 307 g/mol. The predicted octanol–water partition coefficient (Wildman–Crippen LogP) is 5.02. The number of alkyl halides is 1. The van der Waals surface area contributed by atoms with E-state index in [1.807, 2.05) is 0 Å². The third kappa shape index (κ3) is 3.54. The van der Waals surface area contributed by atoms with Crippen LogP contribution in [0.25, 0.3) is 0 Å².